The van der Waals surface area contributed by atoms with Crippen molar-refractivity contribution >= 4 is 5.96 Å². The van der Waals surface area contributed by atoms with Gasteiger partial charge in [-0.3, -0.25) is 4.99 Å². The first-order chi connectivity index (χ1) is 11.7. The number of benzene rings is 1. The van der Waals surface area contributed by atoms with Crippen molar-refractivity contribution in [2.75, 3.05) is 33.4 Å². The molecular formula is C19H33N3O2. The lowest BCUT2D eigenvalue weighted by molar-refractivity contribution is 0.108. The van der Waals surface area contributed by atoms with Gasteiger partial charge in [0, 0.05) is 33.4 Å². The lowest BCUT2D eigenvalue weighted by Gasteiger charge is -2.13. The minimum Gasteiger partial charge on any atom is -0.494 e. The number of guanidine groups is 1. The van der Waals surface area contributed by atoms with Crippen LogP contribution in [0, 0.1) is 5.92 Å². The van der Waals surface area contributed by atoms with E-state index in [0.717, 1.165) is 50.9 Å². The summed E-state index contributed by atoms with van der Waals surface area (Å²) in [4.78, 5) is 4.24. The third-order valence-electron chi connectivity index (χ3n) is 3.26. The third-order valence-corrected chi connectivity index (χ3v) is 3.26. The maximum absolute atomic E-state index is 5.66. The zero-order valence-electron chi connectivity index (χ0n) is 15.6. The molecule has 0 bridgehead atoms. The van der Waals surface area contributed by atoms with Crippen molar-refractivity contribution in [2.24, 2.45) is 10.9 Å². The largest absolute Gasteiger partial charge is 0.494 e. The van der Waals surface area contributed by atoms with Gasteiger partial charge in [0.1, 0.15) is 5.75 Å². The van der Waals surface area contributed by atoms with Crippen LogP contribution < -0.4 is 15.4 Å². The van der Waals surface area contributed by atoms with Gasteiger partial charge in [-0.05, 0) is 36.5 Å². The van der Waals surface area contributed by atoms with Crippen molar-refractivity contribution in [2.45, 2.75) is 40.2 Å². The van der Waals surface area contributed by atoms with Gasteiger partial charge < -0.3 is 20.1 Å². The van der Waals surface area contributed by atoms with Crippen LogP contribution in [0.1, 0.15) is 39.2 Å². The van der Waals surface area contributed by atoms with E-state index < -0.39 is 0 Å². The summed E-state index contributed by atoms with van der Waals surface area (Å²) < 4.78 is 11.2. The SMILES string of the molecule is CCCOc1cccc(CNC(=NC)NCCCOCC(C)C)c1. The summed E-state index contributed by atoms with van der Waals surface area (Å²) in [5.74, 6) is 2.31. The molecule has 0 saturated heterocycles. The number of nitrogens with zero attached hydrogens (tertiary/aromatic N) is 1. The first-order valence-electron chi connectivity index (χ1n) is 8.89. The highest BCUT2D eigenvalue weighted by Gasteiger charge is 2.00. The van der Waals surface area contributed by atoms with Crippen LogP contribution >= 0.6 is 0 Å². The first kappa shape index (κ1) is 20.3. The Morgan fingerprint density at radius 2 is 2.04 bits per heavy atom. The molecule has 0 radical (unpaired) electrons. The van der Waals surface area contributed by atoms with Crippen LogP contribution in [0.15, 0.2) is 29.3 Å². The van der Waals surface area contributed by atoms with E-state index in [4.69, 9.17) is 9.47 Å². The summed E-state index contributed by atoms with van der Waals surface area (Å²) in [6.07, 6.45) is 1.98. The van der Waals surface area contributed by atoms with Crippen molar-refractivity contribution in [3.8, 4) is 5.75 Å². The predicted octanol–water partition coefficient (Wildman–Crippen LogP) is 3.20. The van der Waals surface area contributed by atoms with Crippen LogP contribution in [0.2, 0.25) is 0 Å². The third kappa shape index (κ3) is 9.40. The second-order valence-electron chi connectivity index (χ2n) is 6.17. The van der Waals surface area contributed by atoms with Crippen LogP contribution in [-0.4, -0.2) is 39.4 Å². The Morgan fingerprint density at radius 1 is 1.21 bits per heavy atom. The van der Waals surface area contributed by atoms with E-state index in [0.29, 0.717) is 12.5 Å². The Balaban J connectivity index is 2.26. The molecule has 0 unspecified atom stereocenters. The maximum Gasteiger partial charge on any atom is 0.191 e. The van der Waals surface area contributed by atoms with Crippen LogP contribution in [0.4, 0.5) is 0 Å². The van der Waals surface area contributed by atoms with Gasteiger partial charge in [0.05, 0.1) is 6.61 Å². The fourth-order valence-electron chi connectivity index (χ4n) is 2.07. The van der Waals surface area contributed by atoms with Crippen molar-refractivity contribution < 1.29 is 9.47 Å². The van der Waals surface area contributed by atoms with Gasteiger partial charge in [0.15, 0.2) is 5.96 Å². The summed E-state index contributed by atoms with van der Waals surface area (Å²) in [5.41, 5.74) is 1.17. The molecule has 5 heteroatoms. The lowest BCUT2D eigenvalue weighted by atomic mass is 10.2. The smallest absolute Gasteiger partial charge is 0.191 e. The summed E-state index contributed by atoms with van der Waals surface area (Å²) in [5, 5.41) is 6.63. The Morgan fingerprint density at radius 3 is 2.75 bits per heavy atom. The highest BCUT2D eigenvalue weighted by atomic mass is 16.5. The molecule has 0 aliphatic rings. The molecule has 0 heterocycles. The average Bonchev–Trinajstić information content (AvgIpc) is 2.58. The Labute approximate surface area is 146 Å². The van der Waals surface area contributed by atoms with E-state index in [-0.39, 0.29) is 0 Å². The Bertz CT molecular complexity index is 475. The zero-order chi connectivity index (χ0) is 17.6. The van der Waals surface area contributed by atoms with E-state index in [1.54, 1.807) is 7.05 Å². The van der Waals surface area contributed by atoms with Crippen molar-refractivity contribution in [3.63, 3.8) is 0 Å². The van der Waals surface area contributed by atoms with Gasteiger partial charge in [-0.2, -0.15) is 0 Å². The molecule has 5 nitrogen and oxygen atoms in total. The van der Waals surface area contributed by atoms with Crippen LogP contribution in [0.25, 0.3) is 0 Å². The minimum atomic E-state index is 0.587. The van der Waals surface area contributed by atoms with Gasteiger partial charge in [-0.1, -0.05) is 32.9 Å². The molecule has 1 aromatic rings. The molecule has 0 amide bonds. The topological polar surface area (TPSA) is 54.9 Å². The highest BCUT2D eigenvalue weighted by molar-refractivity contribution is 5.79. The molecule has 1 rings (SSSR count). The van der Waals surface area contributed by atoms with Gasteiger partial charge >= 0.3 is 0 Å². The van der Waals surface area contributed by atoms with Gasteiger partial charge in [-0.15, -0.1) is 0 Å². The Hall–Kier alpha value is -1.75. The van der Waals surface area contributed by atoms with Crippen LogP contribution in [0.5, 0.6) is 5.75 Å². The van der Waals surface area contributed by atoms with Crippen molar-refractivity contribution in [1.29, 1.82) is 0 Å². The number of hydrogen-bond acceptors (Lipinski definition) is 3. The van der Waals surface area contributed by atoms with E-state index >= 15 is 0 Å². The summed E-state index contributed by atoms with van der Waals surface area (Å²) in [6, 6.07) is 8.15. The van der Waals surface area contributed by atoms with Gasteiger partial charge in [0.2, 0.25) is 0 Å². The van der Waals surface area contributed by atoms with Crippen LogP contribution in [-0.2, 0) is 11.3 Å². The van der Waals surface area contributed by atoms with E-state index in [2.05, 4.69) is 48.5 Å². The monoisotopic (exact) mass is 335 g/mol. The molecule has 1 aromatic carbocycles. The molecular weight excluding hydrogens is 302 g/mol. The van der Waals surface area contributed by atoms with Crippen molar-refractivity contribution in [3.05, 3.63) is 29.8 Å². The van der Waals surface area contributed by atoms with Gasteiger partial charge in [-0.25, -0.2) is 0 Å². The molecule has 0 spiro atoms. The fourth-order valence-corrected chi connectivity index (χ4v) is 2.07. The molecule has 2 N–H and O–H groups in total. The number of ether oxygens (including phenoxy) is 2. The predicted molar refractivity (Wildman–Crippen MR) is 101 cm³/mol. The van der Waals surface area contributed by atoms with Gasteiger partial charge in [0.25, 0.3) is 0 Å². The standard InChI is InChI=1S/C19H33N3O2/c1-5-11-24-18-9-6-8-17(13-18)14-22-19(20-4)21-10-7-12-23-15-16(2)3/h6,8-9,13,16H,5,7,10-12,14-15H2,1-4H3,(H2,20,21,22). The molecule has 0 aromatic heterocycles. The molecule has 0 aliphatic heterocycles. The highest BCUT2D eigenvalue weighted by Crippen LogP contribution is 2.13. The fraction of sp³-hybridized carbons (Fsp3) is 0.632. The second kappa shape index (κ2) is 12.6. The molecule has 0 aliphatic carbocycles. The molecule has 0 fully saturated rings. The lowest BCUT2D eigenvalue weighted by Crippen LogP contribution is -2.37. The molecule has 136 valence electrons. The molecule has 0 atom stereocenters. The zero-order valence-corrected chi connectivity index (χ0v) is 15.6. The summed E-state index contributed by atoms with van der Waals surface area (Å²) >= 11 is 0. The average molecular weight is 335 g/mol. The minimum absolute atomic E-state index is 0.587. The molecule has 24 heavy (non-hydrogen) atoms. The number of hydrogen-bond donors (Lipinski definition) is 2. The number of nitrogens with one attached hydrogen (secondary N) is 2. The summed E-state index contributed by atoms with van der Waals surface area (Å²) in [7, 11) is 1.78. The number of rotatable bonds is 11. The maximum atomic E-state index is 5.66. The van der Waals surface area contributed by atoms with E-state index in [1.807, 2.05) is 12.1 Å². The quantitative estimate of drug-likeness (QED) is 0.370. The Kier molecular flexibility index (Phi) is 10.7. The first-order valence-corrected chi connectivity index (χ1v) is 8.89. The van der Waals surface area contributed by atoms with E-state index in [1.165, 1.54) is 5.56 Å². The van der Waals surface area contributed by atoms with E-state index in [9.17, 15) is 0 Å². The normalized spacial score (nSPS) is 11.6. The molecule has 0 saturated carbocycles. The second-order valence-corrected chi connectivity index (χ2v) is 6.17. The van der Waals surface area contributed by atoms with Crippen molar-refractivity contribution in [1.82, 2.24) is 10.6 Å². The number of aliphatic imine (C=N–C) groups is 1. The van der Waals surface area contributed by atoms with Crippen LogP contribution in [0.3, 0.4) is 0 Å². The summed E-state index contributed by atoms with van der Waals surface area (Å²) in [6.45, 7) is 10.3.